The van der Waals surface area contributed by atoms with Crippen molar-refractivity contribution in [2.45, 2.75) is 31.2 Å². The number of H-pyrrole nitrogens is 1. The van der Waals surface area contributed by atoms with Crippen molar-refractivity contribution in [1.29, 1.82) is 0 Å². The zero-order valence-electron chi connectivity index (χ0n) is 12.5. The van der Waals surface area contributed by atoms with Crippen LogP contribution in [-0.4, -0.2) is 51.8 Å². The van der Waals surface area contributed by atoms with Crippen LogP contribution in [0.5, 0.6) is 0 Å². The average molecular weight is 340 g/mol. The lowest BCUT2D eigenvalue weighted by atomic mass is 10.2. The molecule has 2 heterocycles. The Morgan fingerprint density at radius 2 is 2.18 bits per heavy atom. The van der Waals surface area contributed by atoms with E-state index in [0.717, 1.165) is 16.2 Å². The van der Waals surface area contributed by atoms with Crippen LogP contribution >= 0.6 is 23.4 Å². The molecule has 5 nitrogen and oxygen atoms in total. The molecule has 1 amide bonds. The van der Waals surface area contributed by atoms with Crippen molar-refractivity contribution in [2.75, 3.05) is 18.8 Å². The minimum Gasteiger partial charge on any atom is -0.372 e. The fourth-order valence-electron chi connectivity index (χ4n) is 2.63. The zero-order valence-corrected chi connectivity index (χ0v) is 14.1. The van der Waals surface area contributed by atoms with E-state index in [1.54, 1.807) is 6.07 Å². The number of thioether (sulfide) groups is 1. The highest BCUT2D eigenvalue weighted by molar-refractivity contribution is 7.99. The number of carbonyl (C=O) groups excluding carboxylic acids is 1. The van der Waals surface area contributed by atoms with Crippen molar-refractivity contribution in [1.82, 2.24) is 14.9 Å². The molecule has 0 bridgehead atoms. The van der Waals surface area contributed by atoms with Gasteiger partial charge >= 0.3 is 0 Å². The van der Waals surface area contributed by atoms with Gasteiger partial charge in [0.15, 0.2) is 5.16 Å². The van der Waals surface area contributed by atoms with E-state index in [4.69, 9.17) is 16.3 Å². The van der Waals surface area contributed by atoms with E-state index in [1.807, 2.05) is 30.9 Å². The van der Waals surface area contributed by atoms with Gasteiger partial charge in [0.25, 0.3) is 0 Å². The highest BCUT2D eigenvalue weighted by Gasteiger charge is 2.25. The zero-order chi connectivity index (χ0) is 15.7. The molecule has 1 fully saturated rings. The van der Waals surface area contributed by atoms with Crippen LogP contribution in [-0.2, 0) is 9.53 Å². The number of benzene rings is 1. The van der Waals surface area contributed by atoms with Gasteiger partial charge in [-0.1, -0.05) is 23.4 Å². The first kappa shape index (κ1) is 15.6. The molecule has 2 aromatic rings. The molecular formula is C15H18ClN3O2S. The summed E-state index contributed by atoms with van der Waals surface area (Å²) in [5.74, 6) is 0.484. The average Bonchev–Trinajstić information content (AvgIpc) is 2.85. The summed E-state index contributed by atoms with van der Waals surface area (Å²) in [6, 6.07) is 5.51. The van der Waals surface area contributed by atoms with Gasteiger partial charge in [-0.3, -0.25) is 4.79 Å². The standard InChI is InChI=1S/C15H18ClN3O2S/c1-9-6-19(7-10(2)21-9)14(20)8-22-15-17-12-4-3-11(16)5-13(12)18-15/h3-5,9-10H,6-8H2,1-2H3,(H,17,18)/t9-,10+. The van der Waals surface area contributed by atoms with Gasteiger partial charge in [0.1, 0.15) is 0 Å². The van der Waals surface area contributed by atoms with Gasteiger partial charge in [0, 0.05) is 18.1 Å². The monoisotopic (exact) mass is 339 g/mol. The van der Waals surface area contributed by atoms with Gasteiger partial charge in [0.2, 0.25) is 5.91 Å². The van der Waals surface area contributed by atoms with E-state index < -0.39 is 0 Å². The van der Waals surface area contributed by atoms with Crippen molar-refractivity contribution >= 4 is 40.3 Å². The molecule has 1 N–H and O–H groups in total. The van der Waals surface area contributed by atoms with Crippen LogP contribution in [0.4, 0.5) is 0 Å². The summed E-state index contributed by atoms with van der Waals surface area (Å²) in [6.07, 6.45) is 0.178. The van der Waals surface area contributed by atoms with Crippen molar-refractivity contribution in [3.63, 3.8) is 0 Å². The Morgan fingerprint density at radius 3 is 2.91 bits per heavy atom. The van der Waals surface area contributed by atoms with Crippen molar-refractivity contribution in [3.8, 4) is 0 Å². The number of fused-ring (bicyclic) bond motifs is 1. The Hall–Kier alpha value is -1.24. The normalized spacial score (nSPS) is 22.2. The van der Waals surface area contributed by atoms with Crippen LogP contribution in [0.1, 0.15) is 13.8 Å². The number of nitrogens with zero attached hydrogens (tertiary/aromatic N) is 2. The summed E-state index contributed by atoms with van der Waals surface area (Å²) in [5.41, 5.74) is 1.74. The van der Waals surface area contributed by atoms with E-state index in [-0.39, 0.29) is 18.1 Å². The minimum absolute atomic E-state index is 0.0889. The number of hydrogen-bond donors (Lipinski definition) is 1. The molecule has 118 valence electrons. The predicted molar refractivity (Wildman–Crippen MR) is 88.4 cm³/mol. The molecule has 0 unspecified atom stereocenters. The van der Waals surface area contributed by atoms with E-state index in [2.05, 4.69) is 9.97 Å². The van der Waals surface area contributed by atoms with Crippen LogP contribution in [0, 0.1) is 0 Å². The summed E-state index contributed by atoms with van der Waals surface area (Å²) in [6.45, 7) is 5.29. The molecule has 22 heavy (non-hydrogen) atoms. The second-order valence-corrected chi connectivity index (χ2v) is 6.95. The number of ether oxygens (including phenoxy) is 1. The number of nitrogens with one attached hydrogen (secondary N) is 1. The van der Waals surface area contributed by atoms with Gasteiger partial charge in [-0.2, -0.15) is 0 Å². The third-order valence-electron chi connectivity index (χ3n) is 3.53. The molecular weight excluding hydrogens is 322 g/mol. The lowest BCUT2D eigenvalue weighted by Crippen LogP contribution is -2.48. The highest BCUT2D eigenvalue weighted by Crippen LogP contribution is 2.23. The van der Waals surface area contributed by atoms with Gasteiger partial charge in [0.05, 0.1) is 29.0 Å². The third-order valence-corrected chi connectivity index (χ3v) is 4.62. The number of aromatic nitrogens is 2. The van der Waals surface area contributed by atoms with Gasteiger partial charge in [-0.05, 0) is 32.0 Å². The van der Waals surface area contributed by atoms with Gasteiger partial charge in [-0.25, -0.2) is 4.98 Å². The fourth-order valence-corrected chi connectivity index (χ4v) is 3.59. The molecule has 1 aliphatic heterocycles. The Morgan fingerprint density at radius 1 is 1.45 bits per heavy atom. The number of halogens is 1. The lowest BCUT2D eigenvalue weighted by molar-refractivity contribution is -0.140. The summed E-state index contributed by atoms with van der Waals surface area (Å²) < 4.78 is 5.65. The summed E-state index contributed by atoms with van der Waals surface area (Å²) in [4.78, 5) is 21.8. The van der Waals surface area contributed by atoms with Crippen LogP contribution < -0.4 is 0 Å². The Balaban J connectivity index is 1.62. The number of aromatic amines is 1. The second kappa shape index (κ2) is 6.48. The maximum atomic E-state index is 12.3. The predicted octanol–water partition coefficient (Wildman–Crippen LogP) is 2.94. The van der Waals surface area contributed by atoms with E-state index in [1.165, 1.54) is 11.8 Å². The third kappa shape index (κ3) is 3.56. The molecule has 2 atom stereocenters. The molecule has 1 aromatic heterocycles. The Kier molecular flexibility index (Phi) is 4.61. The second-order valence-electron chi connectivity index (χ2n) is 5.55. The number of carbonyl (C=O) groups is 1. The van der Waals surface area contributed by atoms with Crippen molar-refractivity contribution in [3.05, 3.63) is 23.2 Å². The van der Waals surface area contributed by atoms with Gasteiger partial charge < -0.3 is 14.6 Å². The first-order valence-electron chi connectivity index (χ1n) is 7.22. The molecule has 0 aliphatic carbocycles. The number of hydrogen-bond acceptors (Lipinski definition) is 4. The van der Waals surface area contributed by atoms with Crippen LogP contribution in [0.2, 0.25) is 5.02 Å². The molecule has 1 aromatic carbocycles. The maximum Gasteiger partial charge on any atom is 0.233 e. The van der Waals surface area contributed by atoms with Crippen molar-refractivity contribution < 1.29 is 9.53 Å². The number of imidazole rings is 1. The van der Waals surface area contributed by atoms with E-state index >= 15 is 0 Å². The Bertz CT molecular complexity index is 680. The molecule has 7 heteroatoms. The SMILES string of the molecule is C[C@@H]1CN(C(=O)CSc2nc3ccc(Cl)cc3[nH]2)C[C@H](C)O1. The van der Waals surface area contributed by atoms with Gasteiger partial charge in [-0.15, -0.1) is 0 Å². The number of amides is 1. The highest BCUT2D eigenvalue weighted by atomic mass is 35.5. The van der Waals surface area contributed by atoms with Crippen LogP contribution in [0.3, 0.4) is 0 Å². The molecule has 1 saturated heterocycles. The molecule has 0 radical (unpaired) electrons. The summed E-state index contributed by atoms with van der Waals surface area (Å²) >= 11 is 7.37. The summed E-state index contributed by atoms with van der Waals surface area (Å²) in [5, 5.41) is 1.40. The van der Waals surface area contributed by atoms with Crippen LogP contribution in [0.25, 0.3) is 11.0 Å². The van der Waals surface area contributed by atoms with Crippen molar-refractivity contribution in [2.24, 2.45) is 0 Å². The molecule has 0 spiro atoms. The summed E-state index contributed by atoms with van der Waals surface area (Å²) in [7, 11) is 0. The lowest BCUT2D eigenvalue weighted by Gasteiger charge is -2.35. The van der Waals surface area contributed by atoms with Crippen LogP contribution in [0.15, 0.2) is 23.4 Å². The smallest absolute Gasteiger partial charge is 0.233 e. The molecule has 1 aliphatic rings. The topological polar surface area (TPSA) is 58.2 Å². The first-order valence-corrected chi connectivity index (χ1v) is 8.59. The molecule has 3 rings (SSSR count). The quantitative estimate of drug-likeness (QED) is 0.873. The van der Waals surface area contributed by atoms with E-state index in [9.17, 15) is 4.79 Å². The largest absolute Gasteiger partial charge is 0.372 e. The van der Waals surface area contributed by atoms with E-state index in [0.29, 0.717) is 23.9 Å². The first-order chi connectivity index (χ1) is 10.5. The fraction of sp³-hybridized carbons (Fsp3) is 0.467. The Labute approximate surface area is 138 Å². The minimum atomic E-state index is 0.0889. The molecule has 0 saturated carbocycles. The maximum absolute atomic E-state index is 12.3. The number of morpholine rings is 1. The number of rotatable bonds is 3.